The highest BCUT2D eigenvalue weighted by Crippen LogP contribution is 2.33. The van der Waals surface area contributed by atoms with Crippen LogP contribution in [0.5, 0.6) is 0 Å². The summed E-state index contributed by atoms with van der Waals surface area (Å²) >= 11 is 0. The summed E-state index contributed by atoms with van der Waals surface area (Å²) in [5, 5.41) is 124. The Hall–Kier alpha value is -0.840. The Labute approximate surface area is 274 Å². The molecule has 0 spiro atoms. The lowest BCUT2D eigenvalue weighted by molar-refractivity contribution is -0.373. The summed E-state index contributed by atoms with van der Waals surface area (Å²) in [6.07, 6.45) is -32.1. The van der Waals surface area contributed by atoms with Crippen LogP contribution in [0.1, 0.15) is 6.92 Å². The van der Waals surface area contributed by atoms with E-state index < -0.39 is 149 Å². The molecule has 21 nitrogen and oxygen atoms in total. The van der Waals surface area contributed by atoms with Gasteiger partial charge in [0.25, 0.3) is 0 Å². The molecule has 12 N–H and O–H groups in total. The predicted octanol–water partition coefficient (Wildman–Crippen LogP) is -8.05. The third kappa shape index (κ3) is 8.28. The van der Waals surface area contributed by atoms with Gasteiger partial charge in [0.2, 0.25) is 0 Å². The van der Waals surface area contributed by atoms with Crippen molar-refractivity contribution in [3.05, 3.63) is 0 Å². The second kappa shape index (κ2) is 17.6. The van der Waals surface area contributed by atoms with Crippen LogP contribution in [0.4, 0.5) is 0 Å². The van der Waals surface area contributed by atoms with Gasteiger partial charge in [-0.2, -0.15) is 0 Å². The predicted molar refractivity (Wildman–Crippen MR) is 148 cm³/mol. The van der Waals surface area contributed by atoms with Crippen molar-refractivity contribution in [1.29, 1.82) is 0 Å². The van der Waals surface area contributed by atoms with E-state index in [1.54, 1.807) is 6.92 Å². The van der Waals surface area contributed by atoms with Gasteiger partial charge in [0.05, 0.1) is 26.4 Å². The van der Waals surface area contributed by atoms with Crippen LogP contribution in [0.2, 0.25) is 0 Å². The van der Waals surface area contributed by atoms with E-state index in [0.29, 0.717) is 0 Å². The molecule has 4 rings (SSSR count). The molecule has 0 bridgehead atoms. The summed E-state index contributed by atoms with van der Waals surface area (Å²) in [5.41, 5.74) is 0. The molecule has 4 aliphatic heterocycles. The Morgan fingerprint density at radius 1 is 0.458 bits per heavy atom. The molecule has 282 valence electrons. The van der Waals surface area contributed by atoms with Crippen molar-refractivity contribution in [2.75, 3.05) is 40.1 Å². The molecular weight excluding hydrogens is 660 g/mol. The van der Waals surface area contributed by atoms with Crippen molar-refractivity contribution < 1.29 is 104 Å². The molecule has 4 heterocycles. The van der Waals surface area contributed by atoms with E-state index in [4.69, 9.17) is 42.6 Å². The zero-order valence-electron chi connectivity index (χ0n) is 26.1. The van der Waals surface area contributed by atoms with Crippen molar-refractivity contribution in [3.8, 4) is 0 Å². The van der Waals surface area contributed by atoms with Gasteiger partial charge < -0.3 is 104 Å². The molecule has 21 heteroatoms. The second-order valence-electron chi connectivity index (χ2n) is 11.8. The summed E-state index contributed by atoms with van der Waals surface area (Å²) in [6.45, 7) is -1.06. The molecule has 0 aromatic carbocycles. The molecule has 4 fully saturated rings. The van der Waals surface area contributed by atoms with Gasteiger partial charge in [-0.15, -0.1) is 0 Å². The first kappa shape index (κ1) is 39.9. The minimum atomic E-state index is -1.97. The van der Waals surface area contributed by atoms with E-state index in [9.17, 15) is 61.3 Å². The van der Waals surface area contributed by atoms with Crippen LogP contribution < -0.4 is 0 Å². The summed E-state index contributed by atoms with van der Waals surface area (Å²) in [4.78, 5) is 0. The molecule has 0 amide bonds. The molecule has 4 saturated heterocycles. The Morgan fingerprint density at radius 2 is 0.875 bits per heavy atom. The lowest BCUT2D eigenvalue weighted by atomic mass is 9.96. The minimum Gasteiger partial charge on any atom is -0.394 e. The summed E-state index contributed by atoms with van der Waals surface area (Å²) in [5.74, 6) is 0. The Balaban J connectivity index is 1.43. The molecule has 20 atom stereocenters. The van der Waals surface area contributed by atoms with Crippen LogP contribution in [0.3, 0.4) is 0 Å². The van der Waals surface area contributed by atoms with Crippen molar-refractivity contribution in [3.63, 3.8) is 0 Å². The lowest BCUT2D eigenvalue weighted by Gasteiger charge is -2.47. The molecule has 20 unspecified atom stereocenters. The second-order valence-corrected chi connectivity index (χ2v) is 11.8. The number of hydrogen-bond donors (Lipinski definition) is 12. The van der Waals surface area contributed by atoms with Gasteiger partial charge in [0.1, 0.15) is 97.7 Å². The first-order chi connectivity index (χ1) is 22.8. The standard InChI is InChI=1S/C27H48O21/c1-3-41-21-9(5-29)46-27(19(38)14(21)33)48-23-11(43-24(39)16(35)12(23)31)7-42-25-17(36)15(34)22(10(6-30)44-25)47-26-18(37)13(32)20(40-2)8(4-28)45-26/h8-39H,3-7H2,1-2H3. The Morgan fingerprint density at radius 3 is 1.40 bits per heavy atom. The van der Waals surface area contributed by atoms with Crippen LogP contribution in [-0.4, -0.2) is 224 Å². The number of methoxy groups -OCH3 is 1. The number of rotatable bonds is 13. The zero-order valence-corrected chi connectivity index (χ0v) is 26.1. The monoisotopic (exact) mass is 708 g/mol. The molecule has 0 radical (unpaired) electrons. The highest BCUT2D eigenvalue weighted by molar-refractivity contribution is 4.97. The normalized spacial score (nSPS) is 50.4. The first-order valence-electron chi connectivity index (χ1n) is 15.5. The average Bonchev–Trinajstić information content (AvgIpc) is 3.08. The van der Waals surface area contributed by atoms with Gasteiger partial charge >= 0.3 is 0 Å². The van der Waals surface area contributed by atoms with Gasteiger partial charge in [0.15, 0.2) is 25.2 Å². The quantitative estimate of drug-likeness (QED) is 0.0845. The van der Waals surface area contributed by atoms with Gasteiger partial charge in [-0.05, 0) is 6.92 Å². The summed E-state index contributed by atoms with van der Waals surface area (Å²) < 4.78 is 49.2. The van der Waals surface area contributed by atoms with Gasteiger partial charge in [0, 0.05) is 13.7 Å². The molecule has 0 aromatic rings. The maximum atomic E-state index is 10.9. The van der Waals surface area contributed by atoms with E-state index >= 15 is 0 Å². The number of aliphatic hydroxyl groups is 12. The van der Waals surface area contributed by atoms with Gasteiger partial charge in [-0.3, -0.25) is 0 Å². The van der Waals surface area contributed by atoms with Crippen LogP contribution in [0, 0.1) is 0 Å². The molecule has 0 saturated carbocycles. The maximum Gasteiger partial charge on any atom is 0.187 e. The van der Waals surface area contributed by atoms with Crippen LogP contribution in [0.15, 0.2) is 0 Å². The largest absolute Gasteiger partial charge is 0.394 e. The lowest BCUT2D eigenvalue weighted by Crippen LogP contribution is -2.66. The van der Waals surface area contributed by atoms with E-state index in [0.717, 1.165) is 0 Å². The summed E-state index contributed by atoms with van der Waals surface area (Å²) in [6, 6.07) is 0. The van der Waals surface area contributed by atoms with E-state index in [1.807, 2.05) is 0 Å². The molecule has 4 aliphatic rings. The van der Waals surface area contributed by atoms with Crippen molar-refractivity contribution in [2.45, 2.75) is 130 Å². The third-order valence-corrected chi connectivity index (χ3v) is 8.76. The van der Waals surface area contributed by atoms with Crippen LogP contribution in [-0.2, 0) is 42.6 Å². The molecule has 0 aliphatic carbocycles. The fourth-order valence-electron chi connectivity index (χ4n) is 6.10. The first-order valence-corrected chi connectivity index (χ1v) is 15.5. The molecule has 48 heavy (non-hydrogen) atoms. The van der Waals surface area contributed by atoms with Crippen LogP contribution in [0.25, 0.3) is 0 Å². The van der Waals surface area contributed by atoms with E-state index in [2.05, 4.69) is 0 Å². The number of hydrogen-bond acceptors (Lipinski definition) is 21. The fourth-order valence-corrected chi connectivity index (χ4v) is 6.10. The van der Waals surface area contributed by atoms with E-state index in [-0.39, 0.29) is 6.61 Å². The fraction of sp³-hybridized carbons (Fsp3) is 1.00. The van der Waals surface area contributed by atoms with Crippen molar-refractivity contribution >= 4 is 0 Å². The highest BCUT2D eigenvalue weighted by atomic mass is 16.8. The van der Waals surface area contributed by atoms with Crippen molar-refractivity contribution in [2.24, 2.45) is 0 Å². The zero-order chi connectivity index (χ0) is 35.4. The smallest absolute Gasteiger partial charge is 0.187 e. The van der Waals surface area contributed by atoms with Crippen molar-refractivity contribution in [1.82, 2.24) is 0 Å². The number of aliphatic hydroxyl groups excluding tert-OH is 12. The third-order valence-electron chi connectivity index (χ3n) is 8.76. The topological polar surface area (TPSA) is 326 Å². The number of ether oxygens (including phenoxy) is 9. The molecular formula is C27H48O21. The maximum absolute atomic E-state index is 10.9. The van der Waals surface area contributed by atoms with Gasteiger partial charge in [-0.25, -0.2) is 0 Å². The molecule has 0 aromatic heterocycles. The highest BCUT2D eigenvalue weighted by Gasteiger charge is 2.53. The SMILES string of the molecule is CCOC1C(CO)OC(OC2C(COC3OC(CO)C(OC4OC(CO)C(OC)C(O)C4O)C(O)C3O)OC(O)C(O)C2O)C(O)C1O. The average molecular weight is 709 g/mol. The summed E-state index contributed by atoms with van der Waals surface area (Å²) in [7, 11) is 1.23. The Bertz CT molecular complexity index is 960. The van der Waals surface area contributed by atoms with Gasteiger partial charge in [-0.1, -0.05) is 0 Å². The Kier molecular flexibility index (Phi) is 14.6. The van der Waals surface area contributed by atoms with E-state index in [1.165, 1.54) is 7.11 Å². The van der Waals surface area contributed by atoms with Crippen LogP contribution >= 0.6 is 0 Å². The minimum absolute atomic E-state index is 0.116.